The summed E-state index contributed by atoms with van der Waals surface area (Å²) in [5.41, 5.74) is -0.758. The van der Waals surface area contributed by atoms with Crippen molar-refractivity contribution in [3.05, 3.63) is 23.5 Å². The van der Waals surface area contributed by atoms with Crippen LogP contribution in [0.3, 0.4) is 0 Å². The van der Waals surface area contributed by atoms with Crippen molar-refractivity contribution in [3.8, 4) is 0 Å². The molecule has 0 amide bonds. The Hall–Kier alpha value is -0.980. The molecule has 2 rings (SSSR count). The largest absolute Gasteiger partial charge is 0.376 e. The van der Waals surface area contributed by atoms with Gasteiger partial charge >= 0.3 is 0 Å². The average molecular weight is 280 g/mol. The van der Waals surface area contributed by atoms with Gasteiger partial charge in [-0.3, -0.25) is 0 Å². The fraction of sp³-hybridized carbons (Fsp3) is 0.545. The summed E-state index contributed by atoms with van der Waals surface area (Å²) in [5.74, 6) is -6.20. The van der Waals surface area contributed by atoms with Crippen LogP contribution in [0.15, 0.2) is 0 Å². The maximum Gasteiger partial charge on any atom is 0.253 e. The molecule has 1 aromatic rings. The molecule has 0 aliphatic heterocycles. The molecule has 1 aliphatic rings. The Bertz CT molecular complexity index is 429. The summed E-state index contributed by atoms with van der Waals surface area (Å²) in [6.07, 6.45) is 4.45. The Morgan fingerprint density at radius 2 is 1.72 bits per heavy atom. The number of thioether (sulfide) groups is 1. The van der Waals surface area contributed by atoms with E-state index >= 15 is 0 Å². The first-order valence-corrected chi connectivity index (χ1v) is 6.82. The Balaban J connectivity index is 2.28. The van der Waals surface area contributed by atoms with Crippen LogP contribution < -0.4 is 5.32 Å². The summed E-state index contributed by atoms with van der Waals surface area (Å²) in [7, 11) is 0. The van der Waals surface area contributed by atoms with Gasteiger partial charge in [0.15, 0.2) is 0 Å². The number of hydrogen-bond acceptors (Lipinski definition) is 3. The highest BCUT2D eigenvalue weighted by atomic mass is 32.2. The van der Waals surface area contributed by atoms with Gasteiger partial charge in [-0.2, -0.15) is 34.3 Å². The van der Waals surface area contributed by atoms with Gasteiger partial charge in [-0.15, -0.1) is 0 Å². The van der Waals surface area contributed by atoms with Crippen molar-refractivity contribution in [3.63, 3.8) is 0 Å². The lowest BCUT2D eigenvalue weighted by atomic mass is 10.2. The topological polar surface area (TPSA) is 24.9 Å². The zero-order valence-electron chi connectivity index (χ0n) is 9.64. The molecule has 2 unspecified atom stereocenters. The molecule has 100 valence electrons. The number of rotatable bonds is 3. The van der Waals surface area contributed by atoms with Gasteiger partial charge in [-0.05, 0) is 19.1 Å². The number of pyridine rings is 1. The Morgan fingerprint density at radius 1 is 1.11 bits per heavy atom. The predicted molar refractivity (Wildman–Crippen MR) is 62.6 cm³/mol. The molecule has 1 aromatic heterocycles. The zero-order chi connectivity index (χ0) is 13.3. The number of nitrogens with zero attached hydrogens (tertiary/aromatic N) is 1. The van der Waals surface area contributed by atoms with Crippen LogP contribution in [0.4, 0.5) is 23.2 Å². The van der Waals surface area contributed by atoms with Gasteiger partial charge in [-0.25, -0.2) is 0 Å². The van der Waals surface area contributed by atoms with Gasteiger partial charge in [-0.1, -0.05) is 6.42 Å². The van der Waals surface area contributed by atoms with Gasteiger partial charge in [0, 0.05) is 11.3 Å². The molecule has 0 bridgehead atoms. The molecule has 1 saturated carbocycles. The van der Waals surface area contributed by atoms with Gasteiger partial charge < -0.3 is 5.32 Å². The lowest BCUT2D eigenvalue weighted by molar-refractivity contribution is 0.409. The predicted octanol–water partition coefficient (Wildman–Crippen LogP) is 3.33. The van der Waals surface area contributed by atoms with Crippen LogP contribution in [0.25, 0.3) is 0 Å². The van der Waals surface area contributed by atoms with Crippen molar-refractivity contribution >= 4 is 17.4 Å². The maximum absolute atomic E-state index is 13.4. The molecule has 1 aliphatic carbocycles. The van der Waals surface area contributed by atoms with Crippen LogP contribution in [0.2, 0.25) is 0 Å². The molecule has 0 saturated heterocycles. The molecule has 7 heteroatoms. The molecular formula is C11H12F4N2S. The van der Waals surface area contributed by atoms with E-state index in [1.54, 1.807) is 11.8 Å². The van der Waals surface area contributed by atoms with E-state index in [1.165, 1.54) is 0 Å². The normalized spacial score (nSPS) is 23.4. The van der Waals surface area contributed by atoms with Gasteiger partial charge in [0.25, 0.3) is 11.9 Å². The SMILES string of the molecule is CSC1CCCC1Nc1c(F)c(F)nc(F)c1F. The van der Waals surface area contributed by atoms with E-state index in [2.05, 4.69) is 10.3 Å². The molecule has 0 aromatic carbocycles. The van der Waals surface area contributed by atoms with Crippen LogP contribution in [-0.2, 0) is 0 Å². The van der Waals surface area contributed by atoms with Crippen molar-refractivity contribution in [2.24, 2.45) is 0 Å². The number of halogens is 4. The van der Waals surface area contributed by atoms with Crippen LogP contribution in [0.1, 0.15) is 19.3 Å². The molecule has 1 fully saturated rings. The second kappa shape index (κ2) is 5.34. The summed E-state index contributed by atoms with van der Waals surface area (Å²) in [6.45, 7) is 0. The minimum atomic E-state index is -1.63. The summed E-state index contributed by atoms with van der Waals surface area (Å²) < 4.78 is 52.7. The van der Waals surface area contributed by atoms with Crippen molar-refractivity contribution in [1.29, 1.82) is 0 Å². The van der Waals surface area contributed by atoms with Crippen LogP contribution >= 0.6 is 11.8 Å². The van der Waals surface area contributed by atoms with E-state index in [9.17, 15) is 17.6 Å². The first-order chi connectivity index (χ1) is 8.54. The van der Waals surface area contributed by atoms with E-state index < -0.39 is 29.2 Å². The third-order valence-corrected chi connectivity index (χ3v) is 4.25. The standard InChI is InChI=1S/C11H12F4N2S/c1-18-6-4-2-3-5(6)16-9-7(12)10(14)17-11(15)8(9)13/h5-6H,2-4H2,1H3,(H,16,17). The number of anilines is 1. The second-order valence-electron chi connectivity index (χ2n) is 4.15. The molecule has 0 spiro atoms. The van der Waals surface area contributed by atoms with Crippen molar-refractivity contribution in [1.82, 2.24) is 4.98 Å². The fourth-order valence-electron chi connectivity index (χ4n) is 2.17. The highest BCUT2D eigenvalue weighted by Gasteiger charge is 2.30. The van der Waals surface area contributed by atoms with Gasteiger partial charge in [0.2, 0.25) is 11.6 Å². The monoisotopic (exact) mass is 280 g/mol. The van der Waals surface area contributed by atoms with E-state index in [0.29, 0.717) is 0 Å². The average Bonchev–Trinajstić information content (AvgIpc) is 2.79. The quantitative estimate of drug-likeness (QED) is 0.679. The third kappa shape index (κ3) is 2.41. The van der Waals surface area contributed by atoms with Crippen molar-refractivity contribution in [2.75, 3.05) is 11.6 Å². The Kier molecular flexibility index (Phi) is 3.99. The van der Waals surface area contributed by atoms with E-state index in [0.717, 1.165) is 19.3 Å². The highest BCUT2D eigenvalue weighted by Crippen LogP contribution is 2.32. The molecule has 18 heavy (non-hydrogen) atoms. The Labute approximate surface area is 106 Å². The fourth-order valence-corrected chi connectivity index (χ4v) is 3.11. The van der Waals surface area contributed by atoms with Crippen LogP contribution in [0, 0.1) is 23.5 Å². The molecule has 0 radical (unpaired) electrons. The zero-order valence-corrected chi connectivity index (χ0v) is 10.5. The first-order valence-electron chi connectivity index (χ1n) is 5.54. The third-order valence-electron chi connectivity index (χ3n) is 3.08. The molecule has 2 nitrogen and oxygen atoms in total. The van der Waals surface area contributed by atoms with Crippen molar-refractivity contribution in [2.45, 2.75) is 30.6 Å². The first kappa shape index (κ1) is 13.5. The highest BCUT2D eigenvalue weighted by molar-refractivity contribution is 7.99. The second-order valence-corrected chi connectivity index (χ2v) is 5.23. The minimum Gasteiger partial charge on any atom is -0.376 e. The summed E-state index contributed by atoms with van der Waals surface area (Å²) >= 11 is 1.57. The molecule has 1 heterocycles. The maximum atomic E-state index is 13.4. The summed E-state index contributed by atoms with van der Waals surface area (Å²) in [4.78, 5) is 2.52. The minimum absolute atomic E-state index is 0.183. The Morgan fingerprint density at radius 3 is 2.28 bits per heavy atom. The van der Waals surface area contributed by atoms with Crippen molar-refractivity contribution < 1.29 is 17.6 Å². The summed E-state index contributed by atoms with van der Waals surface area (Å²) in [5, 5.41) is 2.75. The number of hydrogen-bond donors (Lipinski definition) is 1. The lowest BCUT2D eigenvalue weighted by Gasteiger charge is -2.21. The molecule has 1 N–H and O–H groups in total. The van der Waals surface area contributed by atoms with E-state index in [1.807, 2.05) is 6.26 Å². The smallest absolute Gasteiger partial charge is 0.253 e. The lowest BCUT2D eigenvalue weighted by Crippen LogP contribution is -2.27. The van der Waals surface area contributed by atoms with Crippen LogP contribution in [-0.4, -0.2) is 22.5 Å². The van der Waals surface area contributed by atoms with E-state index in [-0.39, 0.29) is 11.3 Å². The summed E-state index contributed by atoms with van der Waals surface area (Å²) in [6, 6.07) is -0.190. The van der Waals surface area contributed by atoms with Crippen LogP contribution in [0.5, 0.6) is 0 Å². The number of aromatic nitrogens is 1. The van der Waals surface area contributed by atoms with Gasteiger partial charge in [0.05, 0.1) is 0 Å². The molecule has 2 atom stereocenters. The number of nitrogens with one attached hydrogen (secondary N) is 1. The van der Waals surface area contributed by atoms with E-state index in [4.69, 9.17) is 0 Å². The molecular weight excluding hydrogens is 268 g/mol. The van der Waals surface area contributed by atoms with Gasteiger partial charge in [0.1, 0.15) is 5.69 Å².